The number of nitrogens with one attached hydrogen (secondary N) is 1. The summed E-state index contributed by atoms with van der Waals surface area (Å²) in [4.78, 5) is 23.2. The Bertz CT molecular complexity index is 1130. The molecule has 9 heteroatoms. The first-order chi connectivity index (χ1) is 32.0. The van der Waals surface area contributed by atoms with E-state index in [0.29, 0.717) is 23.9 Å². The van der Waals surface area contributed by atoms with Crippen molar-refractivity contribution in [1.29, 1.82) is 0 Å². The van der Waals surface area contributed by atoms with Crippen molar-refractivity contribution < 1.29 is 32.9 Å². The number of aliphatic hydroxyl groups is 1. The van der Waals surface area contributed by atoms with Gasteiger partial charge in [0.25, 0.3) is 0 Å². The van der Waals surface area contributed by atoms with Crippen molar-refractivity contribution in [3.05, 3.63) is 24.3 Å². The molecule has 3 atom stereocenters. The number of unbranched alkanes of at least 4 members (excludes halogenated alkanes) is 36. The second-order valence-corrected chi connectivity index (χ2v) is 22.5. The zero-order valence-electron chi connectivity index (χ0n) is 44.7. The lowest BCUT2D eigenvalue weighted by molar-refractivity contribution is -0.870. The molecule has 1 amide bonds. The first-order valence-electron chi connectivity index (χ1n) is 28.7. The van der Waals surface area contributed by atoms with Gasteiger partial charge in [0, 0.05) is 6.42 Å². The van der Waals surface area contributed by atoms with E-state index in [1.807, 2.05) is 21.1 Å². The van der Waals surface area contributed by atoms with Gasteiger partial charge in [-0.1, -0.05) is 256 Å². The molecule has 392 valence electrons. The summed E-state index contributed by atoms with van der Waals surface area (Å²) < 4.78 is 23.7. The summed E-state index contributed by atoms with van der Waals surface area (Å²) in [6, 6.07) is -0.756. The largest absolute Gasteiger partial charge is 0.472 e. The molecule has 0 heterocycles. The number of phosphoric ester groups is 1. The van der Waals surface area contributed by atoms with Crippen LogP contribution in [0.15, 0.2) is 24.3 Å². The third-order valence-corrected chi connectivity index (χ3v) is 14.2. The third-order valence-electron chi connectivity index (χ3n) is 13.2. The van der Waals surface area contributed by atoms with Crippen molar-refractivity contribution in [2.45, 2.75) is 296 Å². The molecule has 66 heavy (non-hydrogen) atoms. The number of phosphoric acid groups is 1. The van der Waals surface area contributed by atoms with E-state index < -0.39 is 20.0 Å². The van der Waals surface area contributed by atoms with Gasteiger partial charge in [0.2, 0.25) is 5.91 Å². The lowest BCUT2D eigenvalue weighted by Gasteiger charge is -2.26. The van der Waals surface area contributed by atoms with Gasteiger partial charge in [0.1, 0.15) is 13.2 Å². The van der Waals surface area contributed by atoms with Crippen LogP contribution in [0.4, 0.5) is 0 Å². The van der Waals surface area contributed by atoms with Crippen molar-refractivity contribution >= 4 is 13.7 Å². The Kier molecular flexibility index (Phi) is 48.2. The first-order valence-corrected chi connectivity index (χ1v) is 30.2. The summed E-state index contributed by atoms with van der Waals surface area (Å²) in [7, 11) is 1.63. The molecule has 3 N–H and O–H groups in total. The molecule has 0 aliphatic heterocycles. The Morgan fingerprint density at radius 1 is 0.515 bits per heavy atom. The minimum Gasteiger partial charge on any atom is -0.391 e. The fourth-order valence-electron chi connectivity index (χ4n) is 8.67. The van der Waals surface area contributed by atoms with Gasteiger partial charge >= 0.3 is 7.82 Å². The highest BCUT2D eigenvalue weighted by Gasteiger charge is 2.28. The predicted octanol–water partition coefficient (Wildman–Crippen LogP) is 17.2. The summed E-state index contributed by atoms with van der Waals surface area (Å²) in [6.07, 6.45) is 61.1. The zero-order valence-corrected chi connectivity index (χ0v) is 45.6. The topological polar surface area (TPSA) is 105 Å². The van der Waals surface area contributed by atoms with E-state index in [0.717, 1.165) is 44.9 Å². The number of allylic oxidation sites excluding steroid dienone is 4. The molecule has 0 aromatic carbocycles. The Hall–Kier alpha value is -1.02. The number of nitrogens with zero attached hydrogens (tertiary/aromatic N) is 1. The molecule has 3 unspecified atom stereocenters. The highest BCUT2D eigenvalue weighted by molar-refractivity contribution is 7.47. The van der Waals surface area contributed by atoms with Crippen LogP contribution in [0.2, 0.25) is 0 Å². The highest BCUT2D eigenvalue weighted by atomic mass is 31.2. The molecule has 0 aromatic heterocycles. The van der Waals surface area contributed by atoms with E-state index in [1.54, 1.807) is 0 Å². The second-order valence-electron chi connectivity index (χ2n) is 21.0. The van der Waals surface area contributed by atoms with Crippen LogP contribution < -0.4 is 5.32 Å². The number of quaternary nitrogens is 1. The predicted molar refractivity (Wildman–Crippen MR) is 286 cm³/mol. The number of hydrogen-bond donors (Lipinski definition) is 3. The van der Waals surface area contributed by atoms with Crippen molar-refractivity contribution in [3.8, 4) is 0 Å². The molecule has 0 saturated heterocycles. The third kappa shape index (κ3) is 50.8. The van der Waals surface area contributed by atoms with Gasteiger partial charge in [-0.15, -0.1) is 0 Å². The average molecular weight is 955 g/mol. The standard InChI is InChI=1S/C57H113N2O6P/c1-6-8-10-12-14-16-18-19-20-21-22-23-24-25-26-27-28-29-30-31-32-33-34-35-36-37-38-39-41-43-45-47-49-51-57(61)58-55(54-65-66(62,63)64-53-52-59(3,4)5)56(60)50-48-46-44-42-40-17-15-13-11-9-7-2/h18-19,21-22,55-56,60H,6-17,20,23-54H2,1-5H3,(H-,58,61,62,63)/p+1/b19-18-,22-21-. The van der Waals surface area contributed by atoms with E-state index in [9.17, 15) is 19.4 Å². The van der Waals surface area contributed by atoms with Gasteiger partial charge in [-0.25, -0.2) is 4.57 Å². The minimum atomic E-state index is -4.31. The van der Waals surface area contributed by atoms with Crippen LogP contribution in [-0.4, -0.2) is 73.4 Å². The van der Waals surface area contributed by atoms with Crippen molar-refractivity contribution in [2.24, 2.45) is 0 Å². The summed E-state index contributed by atoms with van der Waals surface area (Å²) >= 11 is 0. The fourth-order valence-corrected chi connectivity index (χ4v) is 9.40. The van der Waals surface area contributed by atoms with Crippen LogP contribution in [0.1, 0.15) is 284 Å². The van der Waals surface area contributed by atoms with Gasteiger partial charge < -0.3 is 19.8 Å². The molecule has 8 nitrogen and oxygen atoms in total. The fraction of sp³-hybridized carbons (Fsp3) is 0.912. The Morgan fingerprint density at radius 2 is 0.864 bits per heavy atom. The molecule has 0 aliphatic rings. The average Bonchev–Trinajstić information content (AvgIpc) is 3.28. The minimum absolute atomic E-state index is 0.0770. The van der Waals surface area contributed by atoms with Gasteiger partial charge in [-0.05, 0) is 44.9 Å². The number of aliphatic hydroxyl groups excluding tert-OH is 1. The van der Waals surface area contributed by atoms with Gasteiger partial charge in [-0.2, -0.15) is 0 Å². The molecule has 0 bridgehead atoms. The molecular weight excluding hydrogens is 840 g/mol. The normalized spacial score (nSPS) is 14.1. The van der Waals surface area contributed by atoms with Gasteiger partial charge in [0.05, 0.1) is 39.9 Å². The molecule has 0 aromatic rings. The molecule has 0 fully saturated rings. The van der Waals surface area contributed by atoms with Crippen LogP contribution in [0.25, 0.3) is 0 Å². The lowest BCUT2D eigenvalue weighted by atomic mass is 10.0. The maximum absolute atomic E-state index is 12.9. The first kappa shape index (κ1) is 65.0. The maximum Gasteiger partial charge on any atom is 0.472 e. The van der Waals surface area contributed by atoms with Crippen molar-refractivity contribution in [1.82, 2.24) is 5.32 Å². The van der Waals surface area contributed by atoms with E-state index in [2.05, 4.69) is 43.5 Å². The SMILES string of the molecule is CCCCCCC/C=C\C/C=C\CCCCCCCCCCCCCCCCCCCCCCCC(=O)NC(COP(=O)(O)OCC[N+](C)(C)C)C(O)CCCCCCCCCCCCC. The summed E-state index contributed by atoms with van der Waals surface area (Å²) in [6.45, 7) is 4.89. The van der Waals surface area contributed by atoms with Crippen LogP contribution in [-0.2, 0) is 18.4 Å². The quantitative estimate of drug-likeness (QED) is 0.0243. The summed E-state index contributed by atoms with van der Waals surface area (Å²) in [5.41, 5.74) is 0. The monoisotopic (exact) mass is 954 g/mol. The van der Waals surface area contributed by atoms with E-state index in [-0.39, 0.29) is 19.1 Å². The van der Waals surface area contributed by atoms with Crippen LogP contribution in [0.3, 0.4) is 0 Å². The Morgan fingerprint density at radius 3 is 1.24 bits per heavy atom. The maximum atomic E-state index is 12.9. The van der Waals surface area contributed by atoms with Crippen LogP contribution >= 0.6 is 7.82 Å². The number of rotatable bonds is 53. The number of carbonyl (C=O) groups is 1. The summed E-state index contributed by atoms with van der Waals surface area (Å²) in [5.74, 6) is -0.141. The molecule has 0 aliphatic carbocycles. The smallest absolute Gasteiger partial charge is 0.391 e. The molecule has 0 saturated carbocycles. The number of likely N-dealkylation sites (N-methyl/N-ethyl adjacent to an activating group) is 1. The van der Waals surface area contributed by atoms with E-state index >= 15 is 0 Å². The molecular formula is C57H114N2O6P+. The molecule has 0 spiro atoms. The number of amides is 1. The Balaban J connectivity index is 3.92. The van der Waals surface area contributed by atoms with E-state index in [4.69, 9.17) is 9.05 Å². The van der Waals surface area contributed by atoms with Crippen molar-refractivity contribution in [3.63, 3.8) is 0 Å². The van der Waals surface area contributed by atoms with Crippen LogP contribution in [0.5, 0.6) is 0 Å². The highest BCUT2D eigenvalue weighted by Crippen LogP contribution is 2.43. The molecule has 0 radical (unpaired) electrons. The number of hydrogen-bond acceptors (Lipinski definition) is 5. The van der Waals surface area contributed by atoms with Crippen LogP contribution in [0, 0.1) is 0 Å². The number of carbonyl (C=O) groups excluding carboxylic acids is 1. The summed E-state index contributed by atoms with van der Waals surface area (Å²) in [5, 5.41) is 14.0. The van der Waals surface area contributed by atoms with Crippen molar-refractivity contribution in [2.75, 3.05) is 40.9 Å². The molecule has 0 rings (SSSR count). The van der Waals surface area contributed by atoms with Gasteiger partial charge in [0.15, 0.2) is 0 Å². The van der Waals surface area contributed by atoms with Gasteiger partial charge in [-0.3, -0.25) is 13.8 Å². The zero-order chi connectivity index (χ0) is 48.5. The second kappa shape index (κ2) is 49.0. The lowest BCUT2D eigenvalue weighted by Crippen LogP contribution is -2.46. The van der Waals surface area contributed by atoms with E-state index in [1.165, 1.54) is 212 Å². The Labute approximate surface area is 411 Å².